The van der Waals surface area contributed by atoms with Crippen LogP contribution in [0.2, 0.25) is 0 Å². The fourth-order valence-electron chi connectivity index (χ4n) is 3.13. The van der Waals surface area contributed by atoms with Crippen LogP contribution in [0.4, 0.5) is 5.69 Å². The Bertz CT molecular complexity index is 1220. The third-order valence-corrected chi connectivity index (χ3v) is 4.56. The van der Waals surface area contributed by atoms with E-state index in [0.717, 1.165) is 15.2 Å². The van der Waals surface area contributed by atoms with Crippen LogP contribution in [0.1, 0.15) is 18.9 Å². The van der Waals surface area contributed by atoms with Gasteiger partial charge in [-0.1, -0.05) is 11.8 Å². The van der Waals surface area contributed by atoms with Crippen LogP contribution in [0.15, 0.2) is 44.7 Å². The summed E-state index contributed by atoms with van der Waals surface area (Å²) in [4.78, 5) is 38.0. The Morgan fingerprint density at radius 3 is 2.58 bits per heavy atom. The molecule has 26 heavy (non-hydrogen) atoms. The quantitative estimate of drug-likeness (QED) is 0.641. The zero-order valence-electron chi connectivity index (χ0n) is 13.8. The van der Waals surface area contributed by atoms with Crippen LogP contribution in [-0.2, 0) is 7.05 Å². The Kier molecular flexibility index (Phi) is 3.48. The number of anilines is 1. The van der Waals surface area contributed by atoms with Gasteiger partial charge in [0, 0.05) is 13.1 Å². The highest BCUT2D eigenvalue weighted by Crippen LogP contribution is 2.33. The number of benzene rings is 1. The number of pyridine rings is 1. The standard InChI is InChI=1S/C17H16N4O5/c1-19-13(23)8-12(22)14-15(19)20(11-4-2-3-9(7-11)18-26)17(25)21(16(14)24)10-5-6-10/h2-4,7-8,10,18,22,26H,5-6H2,1H3/p-1. The Morgan fingerprint density at radius 1 is 1.19 bits per heavy atom. The first-order chi connectivity index (χ1) is 12.4. The molecule has 1 aromatic carbocycles. The first-order valence-electron chi connectivity index (χ1n) is 8.03. The normalized spacial score (nSPS) is 13.9. The van der Waals surface area contributed by atoms with Gasteiger partial charge in [-0.05, 0) is 37.1 Å². The molecule has 1 saturated carbocycles. The third-order valence-electron chi connectivity index (χ3n) is 4.56. The van der Waals surface area contributed by atoms with Crippen molar-refractivity contribution in [3.63, 3.8) is 0 Å². The van der Waals surface area contributed by atoms with Crippen molar-refractivity contribution in [2.24, 2.45) is 7.05 Å². The van der Waals surface area contributed by atoms with E-state index < -0.39 is 22.6 Å². The van der Waals surface area contributed by atoms with Gasteiger partial charge in [0.05, 0.1) is 16.8 Å². The van der Waals surface area contributed by atoms with Crippen LogP contribution in [0.3, 0.4) is 0 Å². The van der Waals surface area contributed by atoms with Crippen molar-refractivity contribution in [2.45, 2.75) is 18.9 Å². The van der Waals surface area contributed by atoms with Crippen LogP contribution in [0.25, 0.3) is 16.7 Å². The van der Waals surface area contributed by atoms with Crippen LogP contribution in [0, 0.1) is 0 Å². The molecule has 2 aromatic heterocycles. The molecule has 2 heterocycles. The summed E-state index contributed by atoms with van der Waals surface area (Å²) in [5.41, 5.74) is 0.633. The molecule has 4 rings (SSSR count). The minimum absolute atomic E-state index is 0.0653. The Balaban J connectivity index is 2.26. The fourth-order valence-corrected chi connectivity index (χ4v) is 3.13. The minimum atomic E-state index is -0.715. The van der Waals surface area contributed by atoms with E-state index in [9.17, 15) is 19.5 Å². The van der Waals surface area contributed by atoms with Gasteiger partial charge in [-0.2, -0.15) is 0 Å². The maximum Gasteiger partial charge on any atom is 0.337 e. The van der Waals surface area contributed by atoms with Crippen molar-refractivity contribution < 1.29 is 10.3 Å². The molecular weight excluding hydrogens is 340 g/mol. The SMILES string of the molecule is Cn1c(=O)cc([O-])c2c(=O)n(C3CC3)c(=O)n(-c3cccc(NO)c3)c21. The summed E-state index contributed by atoms with van der Waals surface area (Å²) < 4.78 is 3.35. The molecule has 0 saturated heterocycles. The molecule has 0 radical (unpaired) electrons. The molecule has 0 aliphatic heterocycles. The predicted octanol–water partition coefficient (Wildman–Crippen LogP) is 0.0607. The summed E-state index contributed by atoms with van der Waals surface area (Å²) in [6.45, 7) is 0. The fraction of sp³-hybridized carbons (Fsp3) is 0.235. The molecule has 1 fully saturated rings. The summed E-state index contributed by atoms with van der Waals surface area (Å²) in [5.74, 6) is -0.715. The second-order valence-electron chi connectivity index (χ2n) is 6.29. The summed E-state index contributed by atoms with van der Waals surface area (Å²) in [7, 11) is 1.40. The van der Waals surface area contributed by atoms with Crippen molar-refractivity contribution in [2.75, 3.05) is 5.48 Å². The molecule has 9 nitrogen and oxygen atoms in total. The van der Waals surface area contributed by atoms with E-state index in [4.69, 9.17) is 5.21 Å². The molecule has 134 valence electrons. The lowest BCUT2D eigenvalue weighted by atomic mass is 10.2. The molecule has 3 aromatic rings. The van der Waals surface area contributed by atoms with Gasteiger partial charge in [0.25, 0.3) is 11.1 Å². The lowest BCUT2D eigenvalue weighted by molar-refractivity contribution is -0.266. The van der Waals surface area contributed by atoms with E-state index in [0.29, 0.717) is 24.2 Å². The highest BCUT2D eigenvalue weighted by atomic mass is 16.5. The maximum absolute atomic E-state index is 13.1. The van der Waals surface area contributed by atoms with Gasteiger partial charge in [-0.3, -0.25) is 29.4 Å². The first kappa shape index (κ1) is 16.2. The summed E-state index contributed by atoms with van der Waals surface area (Å²) >= 11 is 0. The van der Waals surface area contributed by atoms with E-state index in [1.54, 1.807) is 18.2 Å². The average molecular weight is 355 g/mol. The molecule has 2 N–H and O–H groups in total. The lowest BCUT2D eigenvalue weighted by Gasteiger charge is -2.19. The van der Waals surface area contributed by atoms with Crippen molar-refractivity contribution >= 4 is 16.7 Å². The molecule has 0 bridgehead atoms. The van der Waals surface area contributed by atoms with Gasteiger partial charge >= 0.3 is 5.69 Å². The van der Waals surface area contributed by atoms with E-state index in [-0.39, 0.29) is 17.1 Å². The molecule has 0 amide bonds. The van der Waals surface area contributed by atoms with Crippen LogP contribution in [-0.4, -0.2) is 18.9 Å². The van der Waals surface area contributed by atoms with Gasteiger partial charge in [-0.15, -0.1) is 0 Å². The second-order valence-corrected chi connectivity index (χ2v) is 6.29. The smallest absolute Gasteiger partial charge is 0.337 e. The lowest BCUT2D eigenvalue weighted by Crippen LogP contribution is -2.41. The van der Waals surface area contributed by atoms with Crippen LogP contribution < -0.4 is 27.4 Å². The number of aromatic nitrogens is 3. The van der Waals surface area contributed by atoms with Crippen molar-refractivity contribution in [3.8, 4) is 11.4 Å². The van der Waals surface area contributed by atoms with E-state index in [1.807, 2.05) is 5.48 Å². The predicted molar refractivity (Wildman–Crippen MR) is 92.2 cm³/mol. The van der Waals surface area contributed by atoms with Gasteiger partial charge in [0.15, 0.2) is 0 Å². The number of hydrogen-bond acceptors (Lipinski definition) is 6. The molecule has 1 aliphatic rings. The van der Waals surface area contributed by atoms with Crippen molar-refractivity contribution in [1.82, 2.24) is 13.7 Å². The Morgan fingerprint density at radius 2 is 1.92 bits per heavy atom. The van der Waals surface area contributed by atoms with Crippen molar-refractivity contribution in [1.29, 1.82) is 0 Å². The largest absolute Gasteiger partial charge is 0.872 e. The second kappa shape index (κ2) is 5.60. The summed E-state index contributed by atoms with van der Waals surface area (Å²) in [5, 5.41) is 21.3. The van der Waals surface area contributed by atoms with Crippen LogP contribution >= 0.6 is 0 Å². The van der Waals surface area contributed by atoms with Gasteiger partial charge < -0.3 is 5.11 Å². The van der Waals surface area contributed by atoms with E-state index in [1.165, 1.54) is 17.7 Å². The van der Waals surface area contributed by atoms with E-state index in [2.05, 4.69) is 0 Å². The van der Waals surface area contributed by atoms with Gasteiger partial charge in [0.2, 0.25) is 0 Å². The maximum atomic E-state index is 13.1. The number of rotatable bonds is 3. The van der Waals surface area contributed by atoms with Crippen molar-refractivity contribution in [3.05, 3.63) is 61.5 Å². The summed E-state index contributed by atoms with van der Waals surface area (Å²) in [6.07, 6.45) is 1.36. The minimum Gasteiger partial charge on any atom is -0.872 e. The number of nitrogens with one attached hydrogen (secondary N) is 1. The summed E-state index contributed by atoms with van der Waals surface area (Å²) in [6, 6.07) is 6.84. The average Bonchev–Trinajstić information content (AvgIpc) is 3.44. The molecule has 9 heteroatoms. The monoisotopic (exact) mass is 355 g/mol. The Hall–Kier alpha value is -3.33. The molecule has 1 aliphatic carbocycles. The van der Waals surface area contributed by atoms with Crippen LogP contribution in [0.5, 0.6) is 5.75 Å². The first-order valence-corrected chi connectivity index (χ1v) is 8.03. The van der Waals surface area contributed by atoms with Gasteiger partial charge in [-0.25, -0.2) is 9.36 Å². The molecular formula is C17H15N4O5-. The topological polar surface area (TPSA) is 121 Å². The molecule has 0 unspecified atom stereocenters. The molecule has 0 atom stereocenters. The zero-order valence-corrected chi connectivity index (χ0v) is 13.8. The number of fused-ring (bicyclic) bond motifs is 1. The highest BCUT2D eigenvalue weighted by molar-refractivity contribution is 5.82. The third kappa shape index (κ3) is 2.25. The number of hydrogen-bond donors (Lipinski definition) is 2. The number of nitrogens with zero attached hydrogens (tertiary/aromatic N) is 3. The number of aryl methyl sites for hydroxylation is 1. The zero-order chi connectivity index (χ0) is 18.6. The van der Waals surface area contributed by atoms with E-state index >= 15 is 0 Å². The molecule has 0 spiro atoms. The van der Waals surface area contributed by atoms with Gasteiger partial charge in [0.1, 0.15) is 5.65 Å². The highest BCUT2D eigenvalue weighted by Gasteiger charge is 2.30. The Labute approximate surface area is 145 Å².